The minimum atomic E-state index is -0.812. The van der Waals surface area contributed by atoms with E-state index in [1.807, 2.05) is 27.7 Å². The van der Waals surface area contributed by atoms with Crippen molar-refractivity contribution in [2.24, 2.45) is 0 Å². The van der Waals surface area contributed by atoms with Crippen LogP contribution in [-0.2, 0) is 14.3 Å². The number of ether oxygens (including phenoxy) is 1. The summed E-state index contributed by atoms with van der Waals surface area (Å²) >= 11 is 0. The summed E-state index contributed by atoms with van der Waals surface area (Å²) in [7, 11) is 1.60. The summed E-state index contributed by atoms with van der Waals surface area (Å²) in [5.41, 5.74) is -1.61. The van der Waals surface area contributed by atoms with Crippen LogP contribution in [0.1, 0.15) is 47.5 Å². The molecule has 1 N–H and O–H groups in total. The van der Waals surface area contributed by atoms with E-state index < -0.39 is 11.1 Å². The van der Waals surface area contributed by atoms with Gasteiger partial charge in [-0.05, 0) is 33.6 Å². The standard InChI is InChI=1S/C14H26N2O3/c1-7-13(4)12(18)16(10(3)9-19-6)14(5,8-2)11(17)15-13/h10H,7-9H2,1-6H3,(H,15,17). The van der Waals surface area contributed by atoms with E-state index >= 15 is 0 Å². The lowest BCUT2D eigenvalue weighted by atomic mass is 9.83. The fourth-order valence-electron chi connectivity index (χ4n) is 2.61. The van der Waals surface area contributed by atoms with Crippen molar-refractivity contribution in [1.82, 2.24) is 10.2 Å². The number of nitrogens with one attached hydrogen (secondary N) is 1. The van der Waals surface area contributed by atoms with E-state index in [2.05, 4.69) is 5.32 Å². The molecule has 1 fully saturated rings. The van der Waals surface area contributed by atoms with Crippen LogP contribution in [0.5, 0.6) is 0 Å². The van der Waals surface area contributed by atoms with Gasteiger partial charge in [-0.1, -0.05) is 13.8 Å². The molecule has 1 aliphatic heterocycles. The molecule has 3 atom stereocenters. The summed E-state index contributed by atoms with van der Waals surface area (Å²) in [5.74, 6) is -0.106. The van der Waals surface area contributed by atoms with Crippen LogP contribution in [0, 0.1) is 0 Å². The van der Waals surface area contributed by atoms with Gasteiger partial charge in [-0.2, -0.15) is 0 Å². The number of nitrogens with zero attached hydrogens (tertiary/aromatic N) is 1. The molecule has 1 rings (SSSR count). The maximum absolute atomic E-state index is 12.8. The highest BCUT2D eigenvalue weighted by Crippen LogP contribution is 2.32. The number of piperazine rings is 1. The summed E-state index contributed by atoms with van der Waals surface area (Å²) in [6.07, 6.45) is 1.16. The molecule has 0 bridgehead atoms. The van der Waals surface area contributed by atoms with Crippen molar-refractivity contribution in [2.45, 2.75) is 64.6 Å². The molecular weight excluding hydrogens is 244 g/mol. The van der Waals surface area contributed by atoms with E-state index in [1.165, 1.54) is 0 Å². The van der Waals surface area contributed by atoms with Crippen molar-refractivity contribution in [1.29, 1.82) is 0 Å². The average molecular weight is 270 g/mol. The molecule has 0 spiro atoms. The van der Waals surface area contributed by atoms with Crippen LogP contribution < -0.4 is 5.32 Å². The third-order valence-corrected chi connectivity index (χ3v) is 4.35. The summed E-state index contributed by atoms with van der Waals surface area (Å²) in [4.78, 5) is 26.9. The molecule has 3 unspecified atom stereocenters. The maximum atomic E-state index is 12.8. The van der Waals surface area contributed by atoms with Gasteiger partial charge < -0.3 is 15.0 Å². The Bertz CT molecular complexity index is 372. The Kier molecular flexibility index (Phi) is 4.61. The summed E-state index contributed by atoms with van der Waals surface area (Å²) in [6.45, 7) is 9.79. The molecule has 0 aromatic rings. The van der Waals surface area contributed by atoms with E-state index in [0.717, 1.165) is 0 Å². The smallest absolute Gasteiger partial charge is 0.249 e. The number of rotatable bonds is 5. The number of carbonyl (C=O) groups excluding carboxylic acids is 2. The Morgan fingerprint density at radius 1 is 1.26 bits per heavy atom. The van der Waals surface area contributed by atoms with Gasteiger partial charge in [0.25, 0.3) is 0 Å². The van der Waals surface area contributed by atoms with Gasteiger partial charge in [0.05, 0.1) is 12.6 Å². The van der Waals surface area contributed by atoms with Gasteiger partial charge in [0.15, 0.2) is 0 Å². The highest BCUT2D eigenvalue weighted by molar-refractivity contribution is 6.02. The first kappa shape index (κ1) is 16.0. The second-order valence-corrected chi connectivity index (χ2v) is 5.75. The minimum absolute atomic E-state index is 0.0245. The van der Waals surface area contributed by atoms with Crippen molar-refractivity contribution in [3.05, 3.63) is 0 Å². The number of amides is 2. The molecule has 110 valence electrons. The van der Waals surface area contributed by atoms with Crippen molar-refractivity contribution in [3.8, 4) is 0 Å². The summed E-state index contributed by atoms with van der Waals surface area (Å²) in [6, 6.07) is -0.126. The van der Waals surface area contributed by atoms with Crippen LogP contribution in [0.2, 0.25) is 0 Å². The zero-order chi connectivity index (χ0) is 14.8. The van der Waals surface area contributed by atoms with Gasteiger partial charge in [0.2, 0.25) is 11.8 Å². The van der Waals surface area contributed by atoms with Gasteiger partial charge in [-0.25, -0.2) is 0 Å². The molecule has 2 amide bonds. The molecule has 0 aromatic carbocycles. The second-order valence-electron chi connectivity index (χ2n) is 5.75. The molecule has 0 radical (unpaired) electrons. The van der Waals surface area contributed by atoms with E-state index in [1.54, 1.807) is 18.9 Å². The van der Waals surface area contributed by atoms with Crippen LogP contribution in [0.15, 0.2) is 0 Å². The monoisotopic (exact) mass is 270 g/mol. The highest BCUT2D eigenvalue weighted by atomic mass is 16.5. The molecular formula is C14H26N2O3. The van der Waals surface area contributed by atoms with E-state index in [4.69, 9.17) is 4.74 Å². The van der Waals surface area contributed by atoms with Gasteiger partial charge in [-0.15, -0.1) is 0 Å². The number of carbonyl (C=O) groups is 2. The maximum Gasteiger partial charge on any atom is 0.249 e. The second kappa shape index (κ2) is 5.49. The molecule has 0 aliphatic carbocycles. The van der Waals surface area contributed by atoms with Crippen LogP contribution >= 0.6 is 0 Å². The first-order valence-corrected chi connectivity index (χ1v) is 6.92. The first-order valence-electron chi connectivity index (χ1n) is 6.92. The van der Waals surface area contributed by atoms with Gasteiger partial charge in [-0.3, -0.25) is 9.59 Å². The molecule has 1 heterocycles. The fraction of sp³-hybridized carbons (Fsp3) is 0.857. The number of hydrogen-bond donors (Lipinski definition) is 1. The van der Waals surface area contributed by atoms with Crippen molar-refractivity contribution >= 4 is 11.8 Å². The molecule has 5 nitrogen and oxygen atoms in total. The molecule has 0 aromatic heterocycles. The predicted molar refractivity (Wildman–Crippen MR) is 73.7 cm³/mol. The zero-order valence-electron chi connectivity index (χ0n) is 12.9. The summed E-state index contributed by atoms with van der Waals surface area (Å²) < 4.78 is 5.15. The highest BCUT2D eigenvalue weighted by Gasteiger charge is 2.54. The quantitative estimate of drug-likeness (QED) is 0.819. The molecule has 5 heteroatoms. The van der Waals surface area contributed by atoms with Crippen molar-refractivity contribution < 1.29 is 14.3 Å². The molecule has 19 heavy (non-hydrogen) atoms. The third-order valence-electron chi connectivity index (χ3n) is 4.35. The lowest BCUT2D eigenvalue weighted by Gasteiger charge is -2.52. The topological polar surface area (TPSA) is 58.6 Å². The first-order chi connectivity index (χ1) is 8.76. The SMILES string of the molecule is CCC1(C)NC(=O)C(C)(CC)N(C(C)COC)C1=O. The predicted octanol–water partition coefficient (Wildman–Crippen LogP) is 1.32. The van der Waals surface area contributed by atoms with E-state index in [-0.39, 0.29) is 17.9 Å². The van der Waals surface area contributed by atoms with Crippen molar-refractivity contribution in [2.75, 3.05) is 13.7 Å². The molecule has 1 saturated heterocycles. The van der Waals surface area contributed by atoms with E-state index in [9.17, 15) is 9.59 Å². The zero-order valence-corrected chi connectivity index (χ0v) is 12.9. The van der Waals surface area contributed by atoms with Crippen LogP contribution in [0.4, 0.5) is 0 Å². The Labute approximate surface area is 115 Å². The van der Waals surface area contributed by atoms with Gasteiger partial charge >= 0.3 is 0 Å². The third kappa shape index (κ3) is 2.48. The Balaban J connectivity index is 3.22. The number of methoxy groups -OCH3 is 1. The number of hydrogen-bond acceptors (Lipinski definition) is 3. The minimum Gasteiger partial charge on any atom is -0.383 e. The average Bonchev–Trinajstić information content (AvgIpc) is 2.37. The molecule has 1 aliphatic rings. The Hall–Kier alpha value is -1.10. The van der Waals surface area contributed by atoms with E-state index in [0.29, 0.717) is 19.4 Å². The lowest BCUT2D eigenvalue weighted by molar-refractivity contribution is -0.166. The normalized spacial score (nSPS) is 33.3. The van der Waals surface area contributed by atoms with Crippen LogP contribution in [0.25, 0.3) is 0 Å². The van der Waals surface area contributed by atoms with Gasteiger partial charge in [0, 0.05) is 7.11 Å². The van der Waals surface area contributed by atoms with Gasteiger partial charge in [0.1, 0.15) is 11.1 Å². The van der Waals surface area contributed by atoms with Crippen LogP contribution in [0.3, 0.4) is 0 Å². The molecule has 0 saturated carbocycles. The Morgan fingerprint density at radius 2 is 1.84 bits per heavy atom. The lowest BCUT2D eigenvalue weighted by Crippen LogP contribution is -2.75. The fourth-order valence-corrected chi connectivity index (χ4v) is 2.61. The van der Waals surface area contributed by atoms with Crippen molar-refractivity contribution in [3.63, 3.8) is 0 Å². The van der Waals surface area contributed by atoms with Crippen LogP contribution in [-0.4, -0.2) is 47.6 Å². The largest absolute Gasteiger partial charge is 0.383 e. The summed E-state index contributed by atoms with van der Waals surface area (Å²) in [5, 5.41) is 2.89. The Morgan fingerprint density at radius 3 is 2.26 bits per heavy atom.